The first-order chi connectivity index (χ1) is 17.1. The molecule has 13 heteroatoms. The first-order valence-electron chi connectivity index (χ1n) is 12.1. The predicted octanol–water partition coefficient (Wildman–Crippen LogP) is 1.35. The number of carbonyl (C=O) groups excluding carboxylic acids is 2. The van der Waals surface area contributed by atoms with Gasteiger partial charge in [0.2, 0.25) is 10.0 Å². The van der Waals surface area contributed by atoms with Crippen LogP contribution in [-0.4, -0.2) is 94.4 Å². The molecular weight excluding hydrogens is 515 g/mol. The molecule has 2 aliphatic heterocycles. The maximum Gasteiger partial charge on any atom is 0.341 e. The fourth-order valence-electron chi connectivity index (χ4n) is 5.10. The van der Waals surface area contributed by atoms with Gasteiger partial charge >= 0.3 is 5.97 Å². The maximum atomic E-state index is 14.5. The van der Waals surface area contributed by atoms with Crippen LogP contribution in [0.5, 0.6) is 0 Å². The van der Waals surface area contributed by atoms with Gasteiger partial charge < -0.3 is 14.4 Å². The van der Waals surface area contributed by atoms with Crippen LogP contribution in [0.25, 0.3) is 0 Å². The van der Waals surface area contributed by atoms with E-state index >= 15 is 0 Å². The van der Waals surface area contributed by atoms with Crippen molar-refractivity contribution in [2.75, 3.05) is 44.4 Å². The Bertz CT molecular complexity index is 1190. The van der Waals surface area contributed by atoms with E-state index in [9.17, 15) is 30.8 Å². The molecule has 0 unspecified atom stereocenters. The molecule has 0 aromatic heterocycles. The molecule has 3 fully saturated rings. The lowest BCUT2D eigenvalue weighted by Gasteiger charge is -2.38. The highest BCUT2D eigenvalue weighted by Crippen LogP contribution is 2.29. The molecule has 1 aliphatic carbocycles. The van der Waals surface area contributed by atoms with Crippen molar-refractivity contribution in [1.29, 1.82) is 0 Å². The van der Waals surface area contributed by atoms with Crippen molar-refractivity contribution < 1.29 is 40.3 Å². The number of esters is 1. The Morgan fingerprint density at radius 3 is 2.42 bits per heavy atom. The number of hydrogen-bond acceptors (Lipinski definition) is 8. The van der Waals surface area contributed by atoms with Crippen LogP contribution in [0.1, 0.15) is 48.9 Å². The molecule has 36 heavy (non-hydrogen) atoms. The van der Waals surface area contributed by atoms with Crippen LogP contribution in [0.4, 0.5) is 4.39 Å². The molecule has 2 heterocycles. The Morgan fingerprint density at radius 2 is 1.78 bits per heavy atom. The van der Waals surface area contributed by atoms with Gasteiger partial charge in [-0.25, -0.2) is 26.0 Å². The number of benzene rings is 1. The molecule has 0 spiro atoms. The zero-order valence-electron chi connectivity index (χ0n) is 19.9. The Hall–Kier alpha value is -2.09. The number of morpholine rings is 1. The van der Waals surface area contributed by atoms with Crippen LogP contribution in [0.2, 0.25) is 0 Å². The molecule has 4 rings (SSSR count). The zero-order chi connectivity index (χ0) is 25.9. The average Bonchev–Trinajstić information content (AvgIpc) is 3.23. The van der Waals surface area contributed by atoms with Crippen molar-refractivity contribution in [2.24, 2.45) is 0 Å². The lowest BCUT2D eigenvalue weighted by Crippen LogP contribution is -2.50. The average molecular weight is 547 g/mol. The molecule has 200 valence electrons. The molecule has 1 aromatic carbocycles. The fraction of sp³-hybridized carbons (Fsp3) is 0.652. The largest absolute Gasteiger partial charge is 0.452 e. The highest BCUT2D eigenvalue weighted by atomic mass is 32.2. The molecule has 1 amide bonds. The van der Waals surface area contributed by atoms with E-state index < -0.39 is 55.8 Å². The van der Waals surface area contributed by atoms with Crippen LogP contribution in [0.15, 0.2) is 23.1 Å². The summed E-state index contributed by atoms with van der Waals surface area (Å²) in [6.07, 6.45) is 4.69. The molecule has 0 N–H and O–H groups in total. The minimum Gasteiger partial charge on any atom is -0.452 e. The molecule has 10 nitrogen and oxygen atoms in total. The number of ether oxygens (including phenoxy) is 2. The van der Waals surface area contributed by atoms with Crippen molar-refractivity contribution in [3.8, 4) is 0 Å². The van der Waals surface area contributed by atoms with E-state index in [0.29, 0.717) is 6.42 Å². The van der Waals surface area contributed by atoms with Crippen LogP contribution >= 0.6 is 0 Å². The summed E-state index contributed by atoms with van der Waals surface area (Å²) >= 11 is 0. The van der Waals surface area contributed by atoms with Crippen molar-refractivity contribution in [3.05, 3.63) is 29.6 Å². The number of hydrogen-bond donors (Lipinski definition) is 0. The third-order valence-corrected chi connectivity index (χ3v) is 10.6. The summed E-state index contributed by atoms with van der Waals surface area (Å²) in [6, 6.07) is 2.25. The van der Waals surface area contributed by atoms with Gasteiger partial charge in [0.15, 0.2) is 16.4 Å². The van der Waals surface area contributed by atoms with Gasteiger partial charge in [-0.1, -0.05) is 19.3 Å². The van der Waals surface area contributed by atoms with Crippen molar-refractivity contribution in [2.45, 2.75) is 55.5 Å². The third-order valence-electron chi connectivity index (χ3n) is 6.95. The van der Waals surface area contributed by atoms with Crippen molar-refractivity contribution >= 4 is 31.7 Å². The third kappa shape index (κ3) is 6.06. The highest BCUT2D eigenvalue weighted by Gasteiger charge is 2.39. The van der Waals surface area contributed by atoms with Gasteiger partial charge in [-0.3, -0.25) is 4.79 Å². The SMILES string of the molecule is O=C(OCC(=O)N(C1CCCCC1)[C@@H]1CCS(=O)(=O)C1)c1cc(S(=O)(=O)N2CCOCC2)ccc1F. The Labute approximate surface area is 210 Å². The minimum atomic E-state index is -3.97. The molecular formula is C23H31FN2O8S2. The lowest BCUT2D eigenvalue weighted by molar-refractivity contribution is -0.140. The van der Waals surface area contributed by atoms with Gasteiger partial charge in [-0.05, 0) is 37.5 Å². The smallest absolute Gasteiger partial charge is 0.341 e. The molecule has 3 aliphatic rings. The quantitative estimate of drug-likeness (QED) is 0.469. The Balaban J connectivity index is 1.47. The number of sulfone groups is 1. The molecule has 0 radical (unpaired) electrons. The van der Waals surface area contributed by atoms with E-state index in [-0.39, 0.29) is 48.7 Å². The number of carbonyl (C=O) groups is 2. The van der Waals surface area contributed by atoms with Crippen LogP contribution < -0.4 is 0 Å². The van der Waals surface area contributed by atoms with E-state index in [1.807, 2.05) is 0 Å². The fourth-order valence-corrected chi connectivity index (χ4v) is 8.24. The maximum absolute atomic E-state index is 14.5. The van der Waals surface area contributed by atoms with Crippen LogP contribution in [0, 0.1) is 5.82 Å². The minimum absolute atomic E-state index is 0.00355. The first-order valence-corrected chi connectivity index (χ1v) is 15.4. The summed E-state index contributed by atoms with van der Waals surface area (Å²) in [6.45, 7) is 0.0595. The molecule has 1 atom stereocenters. The van der Waals surface area contributed by atoms with E-state index in [4.69, 9.17) is 9.47 Å². The van der Waals surface area contributed by atoms with Crippen LogP contribution in [-0.2, 0) is 34.1 Å². The van der Waals surface area contributed by atoms with Gasteiger partial charge in [0.25, 0.3) is 5.91 Å². The summed E-state index contributed by atoms with van der Waals surface area (Å²) in [5, 5.41) is 0. The topological polar surface area (TPSA) is 127 Å². The van der Waals surface area contributed by atoms with Crippen molar-refractivity contribution in [3.63, 3.8) is 0 Å². The highest BCUT2D eigenvalue weighted by molar-refractivity contribution is 7.91. The monoisotopic (exact) mass is 546 g/mol. The summed E-state index contributed by atoms with van der Waals surface area (Å²) in [7, 11) is -7.21. The van der Waals surface area contributed by atoms with Gasteiger partial charge in [0.05, 0.1) is 35.2 Å². The van der Waals surface area contributed by atoms with Crippen molar-refractivity contribution in [1.82, 2.24) is 9.21 Å². The van der Waals surface area contributed by atoms with Crippen LogP contribution in [0.3, 0.4) is 0 Å². The number of halogens is 1. The molecule has 1 aromatic rings. The van der Waals surface area contributed by atoms with E-state index in [2.05, 4.69) is 0 Å². The number of amides is 1. The van der Waals surface area contributed by atoms with Gasteiger partial charge in [-0.15, -0.1) is 0 Å². The second-order valence-electron chi connectivity index (χ2n) is 9.38. The second kappa shape index (κ2) is 11.1. The van der Waals surface area contributed by atoms with Gasteiger partial charge in [0.1, 0.15) is 5.82 Å². The standard InChI is InChI=1S/C23H31FN2O8S2/c24-21-7-6-19(36(31,32)25-9-11-33-12-10-25)14-20(21)23(28)34-15-22(27)26(17-4-2-1-3-5-17)18-8-13-35(29,30)16-18/h6-7,14,17-18H,1-5,8-13,15-16H2/t18-/m1/s1. The summed E-state index contributed by atoms with van der Waals surface area (Å²) in [5.41, 5.74) is -0.593. The summed E-state index contributed by atoms with van der Waals surface area (Å²) < 4.78 is 75.8. The second-order valence-corrected chi connectivity index (χ2v) is 13.6. The molecule has 1 saturated carbocycles. The summed E-state index contributed by atoms with van der Waals surface area (Å²) in [4.78, 5) is 27.1. The molecule has 0 bridgehead atoms. The lowest BCUT2D eigenvalue weighted by atomic mass is 9.93. The van der Waals surface area contributed by atoms with Gasteiger partial charge in [-0.2, -0.15) is 4.31 Å². The molecule has 2 saturated heterocycles. The van der Waals surface area contributed by atoms with E-state index in [0.717, 1.165) is 50.3 Å². The number of sulfonamides is 1. The normalized spacial score (nSPS) is 23.3. The number of nitrogens with zero attached hydrogens (tertiary/aromatic N) is 2. The zero-order valence-corrected chi connectivity index (χ0v) is 21.6. The Morgan fingerprint density at radius 1 is 1.08 bits per heavy atom. The first kappa shape index (κ1) is 27.0. The summed E-state index contributed by atoms with van der Waals surface area (Å²) in [5.74, 6) is -2.79. The number of rotatable bonds is 7. The predicted molar refractivity (Wildman–Crippen MR) is 127 cm³/mol. The van der Waals surface area contributed by atoms with E-state index in [1.165, 1.54) is 4.31 Å². The van der Waals surface area contributed by atoms with E-state index in [1.54, 1.807) is 4.90 Å². The van der Waals surface area contributed by atoms with Gasteiger partial charge in [0, 0.05) is 25.2 Å². The Kier molecular flexibility index (Phi) is 8.32.